The summed E-state index contributed by atoms with van der Waals surface area (Å²) in [7, 11) is -0.963. The van der Waals surface area contributed by atoms with Crippen LogP contribution < -0.4 is 14.8 Å². The number of amides is 1. The number of rotatable bonds is 8. The number of benzene rings is 1. The molecule has 2 N–H and O–H groups in total. The zero-order valence-corrected chi connectivity index (χ0v) is 14.9. The van der Waals surface area contributed by atoms with E-state index in [9.17, 15) is 13.2 Å². The first-order valence-corrected chi connectivity index (χ1v) is 8.66. The summed E-state index contributed by atoms with van der Waals surface area (Å²) < 4.78 is 37.4. The Morgan fingerprint density at radius 1 is 1.26 bits per heavy atom. The molecule has 1 aromatic rings. The predicted molar refractivity (Wildman–Crippen MR) is 87.0 cm³/mol. The number of aryl methyl sites for hydroxylation is 1. The summed E-state index contributed by atoms with van der Waals surface area (Å²) in [6.45, 7) is 5.37. The molecule has 0 bridgehead atoms. The van der Waals surface area contributed by atoms with Crippen LogP contribution in [0.3, 0.4) is 0 Å². The second-order valence-corrected chi connectivity index (χ2v) is 7.04. The molecule has 8 heteroatoms. The van der Waals surface area contributed by atoms with Crippen molar-refractivity contribution in [2.45, 2.75) is 37.8 Å². The number of sulfonamides is 1. The number of nitrogens with one attached hydrogen (secondary N) is 2. The summed E-state index contributed by atoms with van der Waals surface area (Å²) in [4.78, 5) is 12.0. The lowest BCUT2D eigenvalue weighted by atomic mass is 10.2. The normalized spacial score (nSPS) is 14.1. The Bertz CT molecular complexity index is 645. The predicted octanol–water partition coefficient (Wildman–Crippen LogP) is 0.822. The van der Waals surface area contributed by atoms with E-state index in [0.717, 1.165) is 5.56 Å². The number of carbonyl (C=O) groups is 1. The van der Waals surface area contributed by atoms with E-state index >= 15 is 0 Å². The highest BCUT2D eigenvalue weighted by molar-refractivity contribution is 7.89. The molecule has 1 rings (SSSR count). The van der Waals surface area contributed by atoms with Crippen molar-refractivity contribution < 1.29 is 22.7 Å². The Morgan fingerprint density at radius 2 is 1.91 bits per heavy atom. The smallest absolute Gasteiger partial charge is 0.244 e. The van der Waals surface area contributed by atoms with Gasteiger partial charge in [-0.25, -0.2) is 8.42 Å². The van der Waals surface area contributed by atoms with E-state index < -0.39 is 22.0 Å². The van der Waals surface area contributed by atoms with E-state index in [1.165, 1.54) is 27.2 Å². The Kier molecular flexibility index (Phi) is 6.99. The van der Waals surface area contributed by atoms with E-state index in [-0.39, 0.29) is 16.7 Å². The van der Waals surface area contributed by atoms with E-state index in [4.69, 9.17) is 9.47 Å². The second-order valence-electron chi connectivity index (χ2n) is 5.36. The molecule has 0 aliphatic carbocycles. The Labute approximate surface area is 137 Å². The van der Waals surface area contributed by atoms with Crippen LogP contribution >= 0.6 is 0 Å². The fraction of sp³-hybridized carbons (Fsp3) is 0.533. The topological polar surface area (TPSA) is 93.7 Å². The molecule has 7 nitrogen and oxygen atoms in total. The molecule has 0 aromatic heterocycles. The van der Waals surface area contributed by atoms with Gasteiger partial charge in [-0.1, -0.05) is 6.07 Å². The third-order valence-corrected chi connectivity index (χ3v) is 4.70. The summed E-state index contributed by atoms with van der Waals surface area (Å²) in [6, 6.07) is 3.69. The van der Waals surface area contributed by atoms with Crippen LogP contribution in [-0.4, -0.2) is 47.2 Å². The minimum atomic E-state index is -3.88. The lowest BCUT2D eigenvalue weighted by molar-refractivity contribution is -0.123. The van der Waals surface area contributed by atoms with Gasteiger partial charge in [-0.3, -0.25) is 4.79 Å². The quantitative estimate of drug-likeness (QED) is 0.728. The van der Waals surface area contributed by atoms with Gasteiger partial charge in [0.1, 0.15) is 10.6 Å². The van der Waals surface area contributed by atoms with Crippen LogP contribution in [0.25, 0.3) is 0 Å². The number of ether oxygens (including phenoxy) is 2. The second kappa shape index (κ2) is 8.28. The Morgan fingerprint density at radius 3 is 2.48 bits per heavy atom. The maximum atomic E-state index is 12.5. The Balaban J connectivity index is 2.90. The van der Waals surface area contributed by atoms with Crippen molar-refractivity contribution in [2.75, 3.05) is 20.8 Å². The summed E-state index contributed by atoms with van der Waals surface area (Å²) in [5, 5.41) is 2.67. The molecule has 1 aromatic carbocycles. The van der Waals surface area contributed by atoms with Crippen molar-refractivity contribution in [3.63, 3.8) is 0 Å². The molecule has 1 amide bonds. The van der Waals surface area contributed by atoms with Gasteiger partial charge >= 0.3 is 0 Å². The fourth-order valence-electron chi connectivity index (χ4n) is 2.00. The number of hydrogen-bond acceptors (Lipinski definition) is 5. The summed E-state index contributed by atoms with van der Waals surface area (Å²) in [5.74, 6) is -0.201. The van der Waals surface area contributed by atoms with Gasteiger partial charge in [0, 0.05) is 13.2 Å². The van der Waals surface area contributed by atoms with E-state index in [1.54, 1.807) is 26.0 Å². The number of methoxy groups -OCH3 is 2. The zero-order valence-electron chi connectivity index (χ0n) is 14.0. The summed E-state index contributed by atoms with van der Waals surface area (Å²) in [6.07, 6.45) is 0. The summed E-state index contributed by atoms with van der Waals surface area (Å²) in [5.41, 5.74) is 0.775. The molecule has 0 aliphatic rings. The van der Waals surface area contributed by atoms with Crippen LogP contribution in [-0.2, 0) is 19.6 Å². The molecule has 0 saturated heterocycles. The van der Waals surface area contributed by atoms with Crippen molar-refractivity contribution in [3.8, 4) is 5.75 Å². The average molecular weight is 344 g/mol. The van der Waals surface area contributed by atoms with Crippen molar-refractivity contribution in [1.29, 1.82) is 0 Å². The highest BCUT2D eigenvalue weighted by Crippen LogP contribution is 2.24. The monoisotopic (exact) mass is 344 g/mol. The molecule has 130 valence electrons. The van der Waals surface area contributed by atoms with Gasteiger partial charge in [0.15, 0.2) is 0 Å². The standard InChI is InChI=1S/C15H24N2O5S/c1-10-6-7-13(22-5)14(8-10)23(19,20)17-12(3)15(18)16-11(2)9-21-4/h6-8,11-12,17H,9H2,1-5H3,(H,16,18)/t11-,12-/m0/s1. The van der Waals surface area contributed by atoms with Gasteiger partial charge in [-0.15, -0.1) is 0 Å². The van der Waals surface area contributed by atoms with Crippen LogP contribution in [0.15, 0.2) is 23.1 Å². The van der Waals surface area contributed by atoms with Crippen molar-refractivity contribution >= 4 is 15.9 Å². The zero-order chi connectivity index (χ0) is 17.6. The fourth-order valence-corrected chi connectivity index (χ4v) is 3.46. The van der Waals surface area contributed by atoms with E-state index in [0.29, 0.717) is 6.61 Å². The van der Waals surface area contributed by atoms with Gasteiger partial charge in [0.25, 0.3) is 0 Å². The first-order chi connectivity index (χ1) is 10.7. The molecule has 2 atom stereocenters. The van der Waals surface area contributed by atoms with Crippen molar-refractivity contribution in [3.05, 3.63) is 23.8 Å². The average Bonchev–Trinajstić information content (AvgIpc) is 2.46. The van der Waals surface area contributed by atoms with Crippen molar-refractivity contribution in [1.82, 2.24) is 10.0 Å². The highest BCUT2D eigenvalue weighted by atomic mass is 32.2. The molecule has 0 radical (unpaired) electrons. The van der Waals surface area contributed by atoms with Gasteiger partial charge in [0.05, 0.1) is 19.8 Å². The molecule has 0 aliphatic heterocycles. The van der Waals surface area contributed by atoms with Crippen LogP contribution in [0.2, 0.25) is 0 Å². The molecule has 0 saturated carbocycles. The first kappa shape index (κ1) is 19.4. The van der Waals surface area contributed by atoms with Crippen LogP contribution in [0.4, 0.5) is 0 Å². The maximum Gasteiger partial charge on any atom is 0.244 e. The largest absolute Gasteiger partial charge is 0.495 e. The Hall–Kier alpha value is -1.64. The molecule has 0 heterocycles. The third-order valence-electron chi connectivity index (χ3n) is 3.14. The SMILES string of the molecule is COC[C@H](C)NC(=O)[C@H](C)NS(=O)(=O)c1cc(C)ccc1OC. The van der Waals surface area contributed by atoms with E-state index in [1.807, 2.05) is 0 Å². The lowest BCUT2D eigenvalue weighted by Crippen LogP contribution is -2.48. The van der Waals surface area contributed by atoms with Gasteiger partial charge < -0.3 is 14.8 Å². The number of carbonyl (C=O) groups excluding carboxylic acids is 1. The van der Waals surface area contributed by atoms with Gasteiger partial charge in [-0.2, -0.15) is 4.72 Å². The molecular formula is C15H24N2O5S. The molecule has 0 spiro atoms. The van der Waals surface area contributed by atoms with Crippen LogP contribution in [0.5, 0.6) is 5.75 Å². The van der Waals surface area contributed by atoms with Gasteiger partial charge in [-0.05, 0) is 38.5 Å². The number of hydrogen-bond donors (Lipinski definition) is 2. The maximum absolute atomic E-state index is 12.5. The van der Waals surface area contributed by atoms with Gasteiger partial charge in [0.2, 0.25) is 15.9 Å². The minimum Gasteiger partial charge on any atom is -0.495 e. The van der Waals surface area contributed by atoms with Crippen LogP contribution in [0.1, 0.15) is 19.4 Å². The highest BCUT2D eigenvalue weighted by Gasteiger charge is 2.25. The van der Waals surface area contributed by atoms with Crippen molar-refractivity contribution in [2.24, 2.45) is 0 Å². The summed E-state index contributed by atoms with van der Waals surface area (Å²) >= 11 is 0. The lowest BCUT2D eigenvalue weighted by Gasteiger charge is -2.19. The molecule has 23 heavy (non-hydrogen) atoms. The third kappa shape index (κ3) is 5.49. The molecule has 0 fully saturated rings. The minimum absolute atomic E-state index is 0.00425. The van der Waals surface area contributed by atoms with E-state index in [2.05, 4.69) is 10.0 Å². The first-order valence-electron chi connectivity index (χ1n) is 7.17. The molecule has 0 unspecified atom stereocenters. The van der Waals surface area contributed by atoms with Crippen LogP contribution in [0, 0.1) is 6.92 Å². The molecular weight excluding hydrogens is 320 g/mol.